The van der Waals surface area contributed by atoms with Gasteiger partial charge in [0.1, 0.15) is 11.4 Å². The average molecular weight is 579 g/mol. The number of anilines is 5. The largest absolute Gasteiger partial charge is 0.528 e. The molecule has 5 heterocycles. The number of hydrogen-bond acceptors (Lipinski definition) is 12. The molecule has 0 radical (unpaired) electrons. The van der Waals surface area contributed by atoms with E-state index < -0.39 is 23.3 Å². The van der Waals surface area contributed by atoms with Crippen LogP contribution in [0, 0.1) is 24.6 Å². The highest BCUT2D eigenvalue weighted by atomic mass is 19.1. The van der Waals surface area contributed by atoms with Crippen molar-refractivity contribution < 1.29 is 23.2 Å². The number of hydroxylamine groups is 2. The number of carbonyl (C=O) groups is 1. The van der Waals surface area contributed by atoms with Crippen LogP contribution in [0.5, 0.6) is 0 Å². The van der Waals surface area contributed by atoms with Crippen molar-refractivity contribution in [2.24, 2.45) is 11.8 Å². The Labute approximate surface area is 240 Å². The fourth-order valence-electron chi connectivity index (χ4n) is 5.23. The predicted molar refractivity (Wildman–Crippen MR) is 152 cm³/mol. The summed E-state index contributed by atoms with van der Waals surface area (Å²) in [6.07, 6.45) is 2.47. The molecule has 6 rings (SSSR count). The van der Waals surface area contributed by atoms with E-state index in [-0.39, 0.29) is 23.6 Å². The van der Waals surface area contributed by atoms with Gasteiger partial charge in [0.25, 0.3) is 0 Å². The molecular formula is C28H31FN8O5. The van der Waals surface area contributed by atoms with E-state index in [2.05, 4.69) is 30.6 Å². The second-order valence-corrected chi connectivity index (χ2v) is 11.6. The standard InChI is InChI=1S/C28H31FN8O5/c1-15-9-31-25(35-23(15)32-18-5-6-22-21(8-18)34-26(38)40-22)33-19-7-20(29)24(30-10-19)36-11-16-13-37(14-17(16)12-36)42-27(39)41-28(2,3)4/h5-10,16-17H,11-14H2,1-4H3,(H,34,38)(H2,31,32,33,35). The zero-order chi connectivity index (χ0) is 29.6. The number of hydrogen-bond donors (Lipinski definition) is 3. The highest BCUT2D eigenvalue weighted by molar-refractivity contribution is 5.78. The molecule has 2 unspecified atom stereocenters. The number of carbonyl (C=O) groups excluding carboxylic acids is 1. The first kappa shape index (κ1) is 27.4. The molecule has 1 aromatic carbocycles. The minimum absolute atomic E-state index is 0.216. The van der Waals surface area contributed by atoms with E-state index in [1.54, 1.807) is 56.4 Å². The normalized spacial score (nSPS) is 18.7. The van der Waals surface area contributed by atoms with Gasteiger partial charge in [0.05, 0.1) is 17.4 Å². The Kier molecular flexibility index (Phi) is 6.93. The van der Waals surface area contributed by atoms with Crippen molar-refractivity contribution in [3.63, 3.8) is 0 Å². The molecule has 2 saturated heterocycles. The van der Waals surface area contributed by atoms with Crippen LogP contribution in [0.4, 0.5) is 38.1 Å². The molecule has 2 aliphatic heterocycles. The van der Waals surface area contributed by atoms with Gasteiger partial charge in [-0.1, -0.05) is 0 Å². The Balaban J connectivity index is 1.08. The van der Waals surface area contributed by atoms with Crippen molar-refractivity contribution in [2.75, 3.05) is 41.7 Å². The zero-order valence-electron chi connectivity index (χ0n) is 23.6. The Bertz CT molecular complexity index is 1690. The van der Waals surface area contributed by atoms with Crippen molar-refractivity contribution in [2.45, 2.75) is 33.3 Å². The summed E-state index contributed by atoms with van der Waals surface area (Å²) in [6.45, 7) is 9.51. The molecule has 0 aliphatic carbocycles. The Morgan fingerprint density at radius 1 is 1.07 bits per heavy atom. The van der Waals surface area contributed by atoms with E-state index >= 15 is 4.39 Å². The number of ether oxygens (including phenoxy) is 1. The highest BCUT2D eigenvalue weighted by Crippen LogP contribution is 2.35. The van der Waals surface area contributed by atoms with Gasteiger partial charge in [-0.15, -0.1) is 5.06 Å². The van der Waals surface area contributed by atoms with Crippen LogP contribution >= 0.6 is 0 Å². The molecule has 220 valence electrons. The molecule has 14 heteroatoms. The lowest BCUT2D eigenvalue weighted by Gasteiger charge is -2.24. The molecule has 2 aliphatic rings. The molecule has 13 nitrogen and oxygen atoms in total. The van der Waals surface area contributed by atoms with Gasteiger partial charge in [-0.25, -0.2) is 23.9 Å². The number of rotatable bonds is 6. The number of H-pyrrole nitrogens is 1. The predicted octanol–water partition coefficient (Wildman–Crippen LogP) is 4.48. The number of aromatic nitrogens is 4. The number of nitrogens with zero attached hydrogens (tertiary/aromatic N) is 5. The number of halogens is 1. The first-order chi connectivity index (χ1) is 20.0. The van der Waals surface area contributed by atoms with E-state index in [1.165, 1.54) is 6.07 Å². The first-order valence-corrected chi connectivity index (χ1v) is 13.6. The van der Waals surface area contributed by atoms with Crippen LogP contribution in [0.25, 0.3) is 11.1 Å². The van der Waals surface area contributed by atoms with Gasteiger partial charge in [-0.3, -0.25) is 4.98 Å². The maximum Gasteiger partial charge on any atom is 0.528 e. The third-order valence-corrected chi connectivity index (χ3v) is 7.08. The molecular weight excluding hydrogens is 547 g/mol. The topological polar surface area (TPSA) is 151 Å². The number of aryl methyl sites for hydroxylation is 1. The summed E-state index contributed by atoms with van der Waals surface area (Å²) in [4.78, 5) is 46.6. The minimum atomic E-state index is -0.719. The zero-order valence-corrected chi connectivity index (χ0v) is 23.6. The SMILES string of the molecule is Cc1cnc(Nc2cnc(N3CC4CN(OC(=O)OC(C)(C)C)CC4C3)c(F)c2)nc1Nc1ccc2oc(=O)[nH]c2c1. The number of pyridine rings is 1. The average Bonchev–Trinajstić information content (AvgIpc) is 3.57. The fraction of sp³-hybridized carbons (Fsp3) is 0.393. The van der Waals surface area contributed by atoms with Gasteiger partial charge < -0.3 is 29.5 Å². The third kappa shape index (κ3) is 5.98. The number of aromatic amines is 1. The molecule has 2 atom stereocenters. The van der Waals surface area contributed by atoms with E-state index in [1.807, 2.05) is 11.8 Å². The maximum absolute atomic E-state index is 15.2. The lowest BCUT2D eigenvalue weighted by atomic mass is 10.0. The van der Waals surface area contributed by atoms with Gasteiger partial charge in [0.15, 0.2) is 17.2 Å². The molecule has 3 aromatic heterocycles. The molecule has 4 aromatic rings. The summed E-state index contributed by atoms with van der Waals surface area (Å²) in [5.41, 5.74) is 2.27. The number of fused-ring (bicyclic) bond motifs is 2. The monoisotopic (exact) mass is 578 g/mol. The molecule has 0 bridgehead atoms. The Morgan fingerprint density at radius 2 is 1.83 bits per heavy atom. The van der Waals surface area contributed by atoms with Crippen molar-refractivity contribution in [1.82, 2.24) is 25.0 Å². The molecule has 0 spiro atoms. The van der Waals surface area contributed by atoms with Crippen LogP contribution < -0.4 is 21.3 Å². The number of oxazole rings is 1. The van der Waals surface area contributed by atoms with E-state index in [0.29, 0.717) is 54.5 Å². The van der Waals surface area contributed by atoms with Crippen molar-refractivity contribution in [3.8, 4) is 0 Å². The summed E-state index contributed by atoms with van der Waals surface area (Å²) < 4.78 is 25.5. The van der Waals surface area contributed by atoms with Crippen LogP contribution in [0.3, 0.4) is 0 Å². The van der Waals surface area contributed by atoms with Crippen LogP contribution in [-0.2, 0) is 9.57 Å². The minimum Gasteiger partial charge on any atom is -0.427 e. The van der Waals surface area contributed by atoms with Gasteiger partial charge in [-0.2, -0.15) is 4.98 Å². The molecule has 0 saturated carbocycles. The lowest BCUT2D eigenvalue weighted by Crippen LogP contribution is -2.33. The smallest absolute Gasteiger partial charge is 0.427 e. The third-order valence-electron chi connectivity index (χ3n) is 7.08. The Hall–Kier alpha value is -4.72. The van der Waals surface area contributed by atoms with Gasteiger partial charge in [0.2, 0.25) is 5.95 Å². The molecule has 3 N–H and O–H groups in total. The molecule has 0 amide bonds. The van der Waals surface area contributed by atoms with Crippen molar-refractivity contribution >= 4 is 46.2 Å². The van der Waals surface area contributed by atoms with Crippen molar-refractivity contribution in [1.29, 1.82) is 0 Å². The lowest BCUT2D eigenvalue weighted by molar-refractivity contribution is -0.133. The highest BCUT2D eigenvalue weighted by Gasteiger charge is 2.43. The quantitative estimate of drug-likeness (QED) is 0.277. The van der Waals surface area contributed by atoms with Gasteiger partial charge in [-0.05, 0) is 57.7 Å². The Morgan fingerprint density at radius 3 is 2.55 bits per heavy atom. The number of benzene rings is 1. The van der Waals surface area contributed by atoms with Crippen molar-refractivity contribution in [3.05, 3.63) is 58.6 Å². The summed E-state index contributed by atoms with van der Waals surface area (Å²) >= 11 is 0. The van der Waals surface area contributed by atoms with E-state index in [9.17, 15) is 9.59 Å². The van der Waals surface area contributed by atoms with Gasteiger partial charge in [0, 0.05) is 49.7 Å². The van der Waals surface area contributed by atoms with Crippen LogP contribution in [-0.4, -0.2) is 62.9 Å². The summed E-state index contributed by atoms with van der Waals surface area (Å²) in [7, 11) is 0. The van der Waals surface area contributed by atoms with Crippen LogP contribution in [0.15, 0.2) is 45.9 Å². The van der Waals surface area contributed by atoms with E-state index in [4.69, 9.17) is 14.0 Å². The second-order valence-electron chi connectivity index (χ2n) is 11.6. The van der Waals surface area contributed by atoms with Gasteiger partial charge >= 0.3 is 11.9 Å². The fourth-order valence-corrected chi connectivity index (χ4v) is 5.23. The van der Waals surface area contributed by atoms with E-state index in [0.717, 1.165) is 5.56 Å². The maximum atomic E-state index is 15.2. The number of nitrogens with one attached hydrogen (secondary N) is 3. The first-order valence-electron chi connectivity index (χ1n) is 13.6. The second kappa shape index (κ2) is 10.6. The summed E-state index contributed by atoms with van der Waals surface area (Å²) in [5, 5.41) is 7.85. The molecule has 2 fully saturated rings. The van der Waals surface area contributed by atoms with Crippen LogP contribution in [0.2, 0.25) is 0 Å². The van der Waals surface area contributed by atoms with Crippen LogP contribution in [0.1, 0.15) is 26.3 Å². The summed E-state index contributed by atoms with van der Waals surface area (Å²) in [6, 6.07) is 6.56. The molecule has 42 heavy (non-hydrogen) atoms. The summed E-state index contributed by atoms with van der Waals surface area (Å²) in [5.74, 6) is 0.513.